The van der Waals surface area contributed by atoms with Gasteiger partial charge in [-0.3, -0.25) is 9.69 Å². The lowest BCUT2D eigenvalue weighted by molar-refractivity contribution is -0.123. The number of halogens is 1. The summed E-state index contributed by atoms with van der Waals surface area (Å²) in [5.41, 5.74) is 1.07. The Hall–Kier alpha value is -1.00. The molecule has 2 aliphatic heterocycles. The molecule has 0 aromatic carbocycles. The van der Waals surface area contributed by atoms with Gasteiger partial charge in [0.15, 0.2) is 0 Å². The van der Waals surface area contributed by atoms with Crippen molar-refractivity contribution in [3.63, 3.8) is 0 Å². The lowest BCUT2D eigenvalue weighted by atomic mass is 10.0. The molecule has 3 heterocycles. The highest BCUT2D eigenvalue weighted by atomic mass is 35.5. The van der Waals surface area contributed by atoms with Gasteiger partial charge in [0.25, 0.3) is 0 Å². The SMILES string of the molecule is O=C1CC2CCC(C1)N2Cc1cnc(Cl)nc1. The molecule has 2 atom stereocenters. The highest BCUT2D eigenvalue weighted by Crippen LogP contribution is 2.34. The summed E-state index contributed by atoms with van der Waals surface area (Å²) in [5, 5.41) is 0.283. The molecular weight excluding hydrogens is 238 g/mol. The molecule has 0 N–H and O–H groups in total. The highest BCUT2D eigenvalue weighted by molar-refractivity contribution is 6.28. The zero-order valence-corrected chi connectivity index (χ0v) is 10.2. The first-order valence-corrected chi connectivity index (χ1v) is 6.34. The minimum atomic E-state index is 0.283. The quantitative estimate of drug-likeness (QED) is 0.753. The predicted molar refractivity (Wildman–Crippen MR) is 63.6 cm³/mol. The van der Waals surface area contributed by atoms with Crippen LogP contribution in [0.15, 0.2) is 12.4 Å². The van der Waals surface area contributed by atoms with E-state index in [9.17, 15) is 4.79 Å². The average molecular weight is 252 g/mol. The summed E-state index contributed by atoms with van der Waals surface area (Å²) in [7, 11) is 0. The van der Waals surface area contributed by atoms with Crippen molar-refractivity contribution in [3.8, 4) is 0 Å². The molecule has 2 unspecified atom stereocenters. The average Bonchev–Trinajstić information content (AvgIpc) is 2.56. The van der Waals surface area contributed by atoms with Crippen LogP contribution in [0.5, 0.6) is 0 Å². The van der Waals surface area contributed by atoms with Gasteiger partial charge in [-0.25, -0.2) is 9.97 Å². The van der Waals surface area contributed by atoms with Gasteiger partial charge in [0.1, 0.15) is 5.78 Å². The van der Waals surface area contributed by atoms with E-state index in [2.05, 4.69) is 14.9 Å². The van der Waals surface area contributed by atoms with Crippen molar-refractivity contribution >= 4 is 17.4 Å². The zero-order valence-electron chi connectivity index (χ0n) is 9.47. The molecule has 0 aliphatic carbocycles. The normalized spacial score (nSPS) is 28.6. The van der Waals surface area contributed by atoms with Crippen molar-refractivity contribution in [1.82, 2.24) is 14.9 Å². The van der Waals surface area contributed by atoms with Crippen molar-refractivity contribution < 1.29 is 4.79 Å². The molecular formula is C12H14ClN3O. The van der Waals surface area contributed by atoms with Crippen molar-refractivity contribution in [2.45, 2.75) is 44.3 Å². The molecule has 2 bridgehead atoms. The van der Waals surface area contributed by atoms with Crippen LogP contribution in [-0.2, 0) is 11.3 Å². The third kappa shape index (κ3) is 2.19. The van der Waals surface area contributed by atoms with Gasteiger partial charge >= 0.3 is 0 Å². The third-order valence-corrected chi connectivity index (χ3v) is 3.93. The summed E-state index contributed by atoms with van der Waals surface area (Å²) >= 11 is 5.66. The van der Waals surface area contributed by atoms with Crippen LogP contribution in [0, 0.1) is 0 Å². The monoisotopic (exact) mass is 251 g/mol. The van der Waals surface area contributed by atoms with Gasteiger partial charge in [0.2, 0.25) is 5.28 Å². The number of piperidine rings is 1. The molecule has 1 aromatic heterocycles. The molecule has 0 spiro atoms. The maximum Gasteiger partial charge on any atom is 0.222 e. The van der Waals surface area contributed by atoms with Gasteiger partial charge in [-0.05, 0) is 24.4 Å². The summed E-state index contributed by atoms with van der Waals surface area (Å²) in [6.45, 7) is 0.833. The summed E-state index contributed by atoms with van der Waals surface area (Å²) in [5.74, 6) is 0.418. The number of ketones is 1. The second-order valence-corrected chi connectivity index (χ2v) is 5.20. The van der Waals surface area contributed by atoms with E-state index in [-0.39, 0.29) is 5.28 Å². The maximum absolute atomic E-state index is 11.5. The van der Waals surface area contributed by atoms with Gasteiger partial charge < -0.3 is 0 Å². The number of nitrogens with zero attached hydrogens (tertiary/aromatic N) is 3. The summed E-state index contributed by atoms with van der Waals surface area (Å²) in [4.78, 5) is 21.9. The Labute approximate surface area is 105 Å². The van der Waals surface area contributed by atoms with Crippen LogP contribution in [0.4, 0.5) is 0 Å². The molecule has 5 heteroatoms. The van der Waals surface area contributed by atoms with Crippen molar-refractivity contribution in [3.05, 3.63) is 23.2 Å². The summed E-state index contributed by atoms with van der Waals surface area (Å²) in [6, 6.07) is 0.855. The number of fused-ring (bicyclic) bond motifs is 2. The van der Waals surface area contributed by atoms with Gasteiger partial charge in [0.05, 0.1) is 0 Å². The fourth-order valence-electron chi connectivity index (χ4n) is 2.95. The first-order chi connectivity index (χ1) is 8.22. The number of Topliss-reactive ketones (excluding diaryl/α,β-unsaturated/α-hetero) is 1. The van der Waals surface area contributed by atoms with Crippen molar-refractivity contribution in [2.75, 3.05) is 0 Å². The summed E-state index contributed by atoms with van der Waals surface area (Å²) in [6.07, 6.45) is 7.25. The van der Waals surface area contributed by atoms with Gasteiger partial charge in [-0.15, -0.1) is 0 Å². The first-order valence-electron chi connectivity index (χ1n) is 5.96. The Kier molecular flexibility index (Phi) is 2.84. The number of hydrogen-bond acceptors (Lipinski definition) is 4. The van der Waals surface area contributed by atoms with Crippen LogP contribution in [0.3, 0.4) is 0 Å². The van der Waals surface area contributed by atoms with Crippen LogP contribution in [0.2, 0.25) is 5.28 Å². The summed E-state index contributed by atoms with van der Waals surface area (Å²) < 4.78 is 0. The largest absolute Gasteiger partial charge is 0.300 e. The molecule has 90 valence electrons. The molecule has 2 saturated heterocycles. The van der Waals surface area contributed by atoms with Crippen LogP contribution in [0.25, 0.3) is 0 Å². The van der Waals surface area contributed by atoms with E-state index in [1.807, 2.05) is 0 Å². The van der Waals surface area contributed by atoms with E-state index in [0.29, 0.717) is 30.7 Å². The van der Waals surface area contributed by atoms with Gasteiger partial charge in [0, 0.05) is 49.4 Å². The van der Waals surface area contributed by atoms with Gasteiger partial charge in [-0.1, -0.05) is 0 Å². The number of rotatable bonds is 2. The minimum absolute atomic E-state index is 0.283. The molecule has 4 nitrogen and oxygen atoms in total. The van der Waals surface area contributed by atoms with E-state index < -0.39 is 0 Å². The van der Waals surface area contributed by atoms with Gasteiger partial charge in [-0.2, -0.15) is 0 Å². The van der Waals surface area contributed by atoms with Crippen LogP contribution >= 0.6 is 11.6 Å². The third-order valence-electron chi connectivity index (χ3n) is 3.74. The highest BCUT2D eigenvalue weighted by Gasteiger charge is 2.39. The number of carbonyl (C=O) groups excluding carboxylic acids is 1. The Morgan fingerprint density at radius 3 is 2.41 bits per heavy atom. The Morgan fingerprint density at radius 1 is 1.24 bits per heavy atom. The molecule has 0 amide bonds. The number of carbonyl (C=O) groups is 1. The van der Waals surface area contributed by atoms with E-state index >= 15 is 0 Å². The number of hydrogen-bond donors (Lipinski definition) is 0. The van der Waals surface area contributed by atoms with E-state index in [0.717, 1.165) is 24.9 Å². The predicted octanol–water partition coefficient (Wildman–Crippen LogP) is 1.83. The fourth-order valence-corrected chi connectivity index (χ4v) is 3.05. The molecule has 0 saturated carbocycles. The molecule has 2 aliphatic rings. The van der Waals surface area contributed by atoms with Crippen molar-refractivity contribution in [2.24, 2.45) is 0 Å². The van der Waals surface area contributed by atoms with Crippen LogP contribution in [-0.4, -0.2) is 32.7 Å². The lowest BCUT2D eigenvalue weighted by Crippen LogP contribution is -2.42. The molecule has 17 heavy (non-hydrogen) atoms. The first kappa shape index (κ1) is 11.1. The Bertz CT molecular complexity index is 418. The second kappa shape index (κ2) is 4.35. The van der Waals surface area contributed by atoms with E-state index in [1.165, 1.54) is 0 Å². The van der Waals surface area contributed by atoms with E-state index in [1.54, 1.807) is 12.4 Å². The molecule has 3 rings (SSSR count). The van der Waals surface area contributed by atoms with E-state index in [4.69, 9.17) is 11.6 Å². The second-order valence-electron chi connectivity index (χ2n) is 4.86. The van der Waals surface area contributed by atoms with Crippen molar-refractivity contribution in [1.29, 1.82) is 0 Å². The lowest BCUT2D eigenvalue weighted by Gasteiger charge is -2.33. The minimum Gasteiger partial charge on any atom is -0.300 e. The standard InChI is InChI=1S/C12H14ClN3O/c13-12-14-5-8(6-15-12)7-16-9-1-2-10(16)4-11(17)3-9/h5-6,9-10H,1-4,7H2. The maximum atomic E-state index is 11.5. The Balaban J connectivity index is 1.74. The molecule has 1 aromatic rings. The molecule has 2 fully saturated rings. The molecule has 0 radical (unpaired) electrons. The fraction of sp³-hybridized carbons (Fsp3) is 0.583. The topological polar surface area (TPSA) is 46.1 Å². The Morgan fingerprint density at radius 2 is 1.82 bits per heavy atom. The zero-order chi connectivity index (χ0) is 11.8. The van der Waals surface area contributed by atoms with Crippen LogP contribution < -0.4 is 0 Å². The van der Waals surface area contributed by atoms with Crippen LogP contribution in [0.1, 0.15) is 31.2 Å². The number of aromatic nitrogens is 2. The smallest absolute Gasteiger partial charge is 0.222 e.